The number of carbonyl (C=O) groups is 2. The molecule has 2 aromatic carbocycles. The molecule has 0 unspecified atom stereocenters. The monoisotopic (exact) mass is 424 g/mol. The minimum Gasteiger partial charge on any atom is -0.372 e. The van der Waals surface area contributed by atoms with Gasteiger partial charge in [0.2, 0.25) is 11.8 Å². The Morgan fingerprint density at radius 2 is 1.03 bits per heavy atom. The Morgan fingerprint density at radius 3 is 1.32 bits per heavy atom. The van der Waals surface area contributed by atoms with Crippen LogP contribution in [0.15, 0.2) is 36.4 Å². The summed E-state index contributed by atoms with van der Waals surface area (Å²) in [6.45, 7) is 15.1. The summed E-state index contributed by atoms with van der Waals surface area (Å²) in [6.07, 6.45) is 0.599. The fourth-order valence-corrected chi connectivity index (χ4v) is 3.83. The van der Waals surface area contributed by atoms with Crippen molar-refractivity contribution >= 4 is 34.6 Å². The number of anilines is 4. The molecule has 0 fully saturated rings. The lowest BCUT2D eigenvalue weighted by Gasteiger charge is -2.24. The molecule has 0 radical (unpaired) electrons. The van der Waals surface area contributed by atoms with Gasteiger partial charge in [-0.25, -0.2) is 0 Å². The first kappa shape index (κ1) is 24.3. The average Bonchev–Trinajstić information content (AvgIpc) is 2.72. The van der Waals surface area contributed by atoms with Crippen LogP contribution in [0.4, 0.5) is 22.7 Å². The Hall–Kier alpha value is -3.02. The van der Waals surface area contributed by atoms with Gasteiger partial charge in [-0.15, -0.1) is 0 Å². The standard InChI is InChI=1S/C25H36N4O2/c1-7-28(8-2)22-13-11-20(24(16-22)26-18(5)30)15-21-12-14-23(29(9-3)10-4)17-25(21)27-19(6)31/h11-14,16-17H,7-10,15H2,1-6H3,(H,26,30)(H,27,31). The van der Waals surface area contributed by atoms with Gasteiger partial charge >= 0.3 is 0 Å². The zero-order valence-corrected chi connectivity index (χ0v) is 19.7. The maximum Gasteiger partial charge on any atom is 0.221 e. The van der Waals surface area contributed by atoms with Crippen molar-refractivity contribution in [3.63, 3.8) is 0 Å². The van der Waals surface area contributed by atoms with E-state index in [2.05, 4.69) is 72.4 Å². The van der Waals surface area contributed by atoms with E-state index in [0.717, 1.165) is 60.1 Å². The summed E-state index contributed by atoms with van der Waals surface area (Å²) in [5, 5.41) is 5.97. The zero-order valence-electron chi connectivity index (χ0n) is 19.7. The third kappa shape index (κ3) is 6.48. The fourth-order valence-electron chi connectivity index (χ4n) is 3.83. The van der Waals surface area contributed by atoms with E-state index in [4.69, 9.17) is 0 Å². The van der Waals surface area contributed by atoms with E-state index in [9.17, 15) is 9.59 Å². The van der Waals surface area contributed by atoms with E-state index >= 15 is 0 Å². The molecule has 6 nitrogen and oxygen atoms in total. The van der Waals surface area contributed by atoms with E-state index in [1.165, 1.54) is 13.8 Å². The van der Waals surface area contributed by atoms with Crippen LogP contribution in [0.25, 0.3) is 0 Å². The molecule has 0 aliphatic carbocycles. The Balaban J connectivity index is 2.47. The molecule has 0 aromatic heterocycles. The van der Waals surface area contributed by atoms with Gasteiger partial charge < -0.3 is 20.4 Å². The summed E-state index contributed by atoms with van der Waals surface area (Å²) in [6, 6.07) is 12.4. The van der Waals surface area contributed by atoms with E-state index in [1.807, 2.05) is 12.1 Å². The quantitative estimate of drug-likeness (QED) is 0.570. The van der Waals surface area contributed by atoms with Gasteiger partial charge in [-0.05, 0) is 63.1 Å². The highest BCUT2D eigenvalue weighted by atomic mass is 16.2. The summed E-state index contributed by atoms with van der Waals surface area (Å²) < 4.78 is 0. The molecule has 0 bridgehead atoms. The molecule has 0 heterocycles. The smallest absolute Gasteiger partial charge is 0.221 e. The summed E-state index contributed by atoms with van der Waals surface area (Å²) in [7, 11) is 0. The van der Waals surface area contributed by atoms with Crippen LogP contribution in [0.2, 0.25) is 0 Å². The van der Waals surface area contributed by atoms with Gasteiger partial charge in [0.1, 0.15) is 0 Å². The van der Waals surface area contributed by atoms with Gasteiger partial charge in [-0.1, -0.05) is 12.1 Å². The van der Waals surface area contributed by atoms with Crippen molar-refractivity contribution in [3.05, 3.63) is 47.5 Å². The molecule has 2 rings (SSSR count). The van der Waals surface area contributed by atoms with Gasteiger partial charge in [-0.3, -0.25) is 9.59 Å². The van der Waals surface area contributed by atoms with Crippen LogP contribution in [0, 0.1) is 0 Å². The molecule has 168 valence electrons. The third-order valence-corrected chi connectivity index (χ3v) is 5.45. The number of benzene rings is 2. The highest BCUT2D eigenvalue weighted by Crippen LogP contribution is 2.30. The maximum atomic E-state index is 11.8. The lowest BCUT2D eigenvalue weighted by atomic mass is 10.00. The predicted molar refractivity (Wildman–Crippen MR) is 131 cm³/mol. The largest absolute Gasteiger partial charge is 0.372 e. The van der Waals surface area contributed by atoms with Crippen molar-refractivity contribution < 1.29 is 9.59 Å². The van der Waals surface area contributed by atoms with Gasteiger partial charge in [0.05, 0.1) is 0 Å². The van der Waals surface area contributed by atoms with Gasteiger partial charge in [0.15, 0.2) is 0 Å². The Kier molecular flexibility index (Phi) is 8.91. The molecule has 0 aliphatic rings. The normalized spacial score (nSPS) is 10.5. The zero-order chi connectivity index (χ0) is 23.0. The summed E-state index contributed by atoms with van der Waals surface area (Å²) in [5.74, 6) is -0.200. The summed E-state index contributed by atoms with van der Waals surface area (Å²) in [4.78, 5) is 28.2. The lowest BCUT2D eigenvalue weighted by Crippen LogP contribution is -2.22. The molecular formula is C25H36N4O2. The van der Waals surface area contributed by atoms with Crippen molar-refractivity contribution in [3.8, 4) is 0 Å². The number of hydrogen-bond acceptors (Lipinski definition) is 4. The Labute approximate surface area is 186 Å². The van der Waals surface area contributed by atoms with Crippen molar-refractivity contribution in [2.24, 2.45) is 0 Å². The SMILES string of the molecule is CCN(CC)c1ccc(Cc2ccc(N(CC)CC)cc2NC(C)=O)c(NC(C)=O)c1. The van der Waals surface area contributed by atoms with Crippen LogP contribution in [0.3, 0.4) is 0 Å². The van der Waals surface area contributed by atoms with E-state index < -0.39 is 0 Å². The third-order valence-electron chi connectivity index (χ3n) is 5.45. The van der Waals surface area contributed by atoms with Gasteiger partial charge in [-0.2, -0.15) is 0 Å². The molecule has 31 heavy (non-hydrogen) atoms. The molecule has 0 spiro atoms. The van der Waals surface area contributed by atoms with Crippen molar-refractivity contribution in [1.29, 1.82) is 0 Å². The van der Waals surface area contributed by atoms with Crippen molar-refractivity contribution in [1.82, 2.24) is 0 Å². The number of rotatable bonds is 10. The first-order valence-electron chi connectivity index (χ1n) is 11.1. The minimum atomic E-state index is -0.100. The summed E-state index contributed by atoms with van der Waals surface area (Å²) >= 11 is 0. The van der Waals surface area contributed by atoms with Gasteiger partial charge in [0.25, 0.3) is 0 Å². The lowest BCUT2D eigenvalue weighted by molar-refractivity contribution is -0.115. The Morgan fingerprint density at radius 1 is 0.677 bits per heavy atom. The van der Waals surface area contributed by atoms with Crippen LogP contribution in [0.5, 0.6) is 0 Å². The molecule has 6 heteroatoms. The molecular weight excluding hydrogens is 388 g/mol. The fraction of sp³-hybridized carbons (Fsp3) is 0.440. The highest BCUT2D eigenvalue weighted by Gasteiger charge is 2.14. The average molecular weight is 425 g/mol. The van der Waals surface area contributed by atoms with Crippen molar-refractivity contribution in [2.45, 2.75) is 48.0 Å². The van der Waals surface area contributed by atoms with Crippen LogP contribution >= 0.6 is 0 Å². The topological polar surface area (TPSA) is 64.7 Å². The van der Waals surface area contributed by atoms with Crippen LogP contribution in [0.1, 0.15) is 52.7 Å². The van der Waals surface area contributed by atoms with E-state index in [0.29, 0.717) is 6.42 Å². The van der Waals surface area contributed by atoms with Gasteiger partial charge in [0, 0.05) is 69.2 Å². The summed E-state index contributed by atoms with van der Waals surface area (Å²) in [5.41, 5.74) is 5.78. The van der Waals surface area contributed by atoms with Crippen LogP contribution in [-0.4, -0.2) is 38.0 Å². The Bertz CT molecular complexity index is 829. The molecule has 2 N–H and O–H groups in total. The molecule has 2 aromatic rings. The molecule has 0 saturated heterocycles. The predicted octanol–water partition coefficient (Wildman–Crippen LogP) is 4.89. The molecule has 0 aliphatic heterocycles. The highest BCUT2D eigenvalue weighted by molar-refractivity contribution is 5.92. The second kappa shape index (κ2) is 11.4. The van der Waals surface area contributed by atoms with E-state index in [-0.39, 0.29) is 11.8 Å². The van der Waals surface area contributed by atoms with Crippen LogP contribution in [-0.2, 0) is 16.0 Å². The number of hydrogen-bond donors (Lipinski definition) is 2. The molecule has 2 amide bonds. The second-order valence-electron chi connectivity index (χ2n) is 7.57. The number of nitrogens with zero attached hydrogens (tertiary/aromatic N) is 2. The van der Waals surface area contributed by atoms with Crippen molar-refractivity contribution in [2.75, 3.05) is 46.6 Å². The first-order chi connectivity index (χ1) is 14.8. The number of nitrogens with one attached hydrogen (secondary N) is 2. The maximum absolute atomic E-state index is 11.8. The van der Waals surface area contributed by atoms with E-state index in [1.54, 1.807) is 0 Å². The molecule has 0 atom stereocenters. The first-order valence-corrected chi connectivity index (χ1v) is 11.1. The second-order valence-corrected chi connectivity index (χ2v) is 7.57. The molecule has 0 saturated carbocycles. The number of carbonyl (C=O) groups excluding carboxylic acids is 2. The number of amides is 2. The minimum absolute atomic E-state index is 0.100. The van der Waals surface area contributed by atoms with Crippen LogP contribution < -0.4 is 20.4 Å².